The number of benzene rings is 1. The maximum atomic E-state index is 12.9. The Hall–Kier alpha value is -2.48. The molecule has 1 aliphatic heterocycles. The van der Waals surface area contributed by atoms with Crippen molar-refractivity contribution in [3.05, 3.63) is 30.0 Å². The maximum absolute atomic E-state index is 12.9. The van der Waals surface area contributed by atoms with Gasteiger partial charge in [0.2, 0.25) is 5.91 Å². The zero-order chi connectivity index (χ0) is 20.2. The van der Waals surface area contributed by atoms with Crippen molar-refractivity contribution in [1.29, 1.82) is 5.26 Å². The van der Waals surface area contributed by atoms with E-state index in [0.717, 1.165) is 41.7 Å². The van der Waals surface area contributed by atoms with E-state index >= 15 is 0 Å². The van der Waals surface area contributed by atoms with Gasteiger partial charge in [-0.15, -0.1) is 0 Å². The lowest BCUT2D eigenvalue weighted by atomic mass is 9.90. The monoisotopic (exact) mass is 393 g/mol. The van der Waals surface area contributed by atoms with Gasteiger partial charge in [-0.3, -0.25) is 4.79 Å². The number of ether oxygens (including phenoxy) is 1. The number of nitrogens with one attached hydrogen (secondary N) is 1. The van der Waals surface area contributed by atoms with Crippen molar-refractivity contribution >= 4 is 16.8 Å². The van der Waals surface area contributed by atoms with Crippen molar-refractivity contribution in [2.24, 2.45) is 11.8 Å². The number of carbonyl (C=O) groups is 1. The van der Waals surface area contributed by atoms with Gasteiger partial charge in [-0.2, -0.15) is 5.26 Å². The number of hydrogen-bond donors (Lipinski definition) is 1. The number of nitrogens with zero attached hydrogens (tertiary/aromatic N) is 2. The van der Waals surface area contributed by atoms with Gasteiger partial charge in [0.1, 0.15) is 11.8 Å². The molecule has 1 aromatic carbocycles. The van der Waals surface area contributed by atoms with Crippen molar-refractivity contribution in [2.45, 2.75) is 64.3 Å². The first-order valence-corrected chi connectivity index (χ1v) is 11.1. The molecule has 1 saturated carbocycles. The lowest BCUT2D eigenvalue weighted by Gasteiger charge is -2.23. The molecule has 2 aromatic rings. The summed E-state index contributed by atoms with van der Waals surface area (Å²) in [4.78, 5) is 17.9. The van der Waals surface area contributed by atoms with E-state index in [-0.39, 0.29) is 17.9 Å². The van der Waals surface area contributed by atoms with Crippen LogP contribution in [0.3, 0.4) is 0 Å². The first-order valence-electron chi connectivity index (χ1n) is 11.1. The van der Waals surface area contributed by atoms with Gasteiger partial charge >= 0.3 is 0 Å². The Kier molecular flexibility index (Phi) is 6.08. The van der Waals surface area contributed by atoms with Gasteiger partial charge in [0.15, 0.2) is 0 Å². The number of aromatic amines is 1. The number of aromatic nitrogens is 1. The Bertz CT molecular complexity index is 891. The van der Waals surface area contributed by atoms with Gasteiger partial charge in [0.25, 0.3) is 0 Å². The highest BCUT2D eigenvalue weighted by Crippen LogP contribution is 2.29. The third-order valence-electron chi connectivity index (χ3n) is 6.58. The van der Waals surface area contributed by atoms with E-state index in [9.17, 15) is 10.1 Å². The van der Waals surface area contributed by atoms with E-state index < -0.39 is 0 Å². The van der Waals surface area contributed by atoms with Gasteiger partial charge in [-0.25, -0.2) is 0 Å². The van der Waals surface area contributed by atoms with Crippen LogP contribution in [0.2, 0.25) is 0 Å². The number of carbonyl (C=O) groups excluding carboxylic acids is 1. The largest absolute Gasteiger partial charge is 0.493 e. The van der Waals surface area contributed by atoms with E-state index in [4.69, 9.17) is 4.74 Å². The first kappa shape index (κ1) is 19.8. The second-order valence-electron chi connectivity index (χ2n) is 8.76. The second-order valence-corrected chi connectivity index (χ2v) is 8.76. The molecule has 4 rings (SSSR count). The topological polar surface area (TPSA) is 69.1 Å². The lowest BCUT2D eigenvalue weighted by molar-refractivity contribution is -0.134. The molecule has 2 heterocycles. The number of hydrogen-bond acceptors (Lipinski definition) is 3. The predicted octanol–water partition coefficient (Wildman–Crippen LogP) is 4.82. The number of rotatable bonds is 6. The minimum Gasteiger partial charge on any atom is -0.493 e. The van der Waals surface area contributed by atoms with Crippen LogP contribution in [0.1, 0.15) is 57.4 Å². The summed E-state index contributed by atoms with van der Waals surface area (Å²) < 4.78 is 6.12. The highest BCUT2D eigenvalue weighted by atomic mass is 16.5. The Balaban J connectivity index is 1.43. The summed E-state index contributed by atoms with van der Waals surface area (Å²) in [7, 11) is 0. The number of fused-ring (bicyclic) bond motifs is 1. The zero-order valence-electron chi connectivity index (χ0n) is 17.3. The molecule has 0 spiro atoms. The summed E-state index contributed by atoms with van der Waals surface area (Å²) in [6.45, 7) is 3.47. The molecule has 0 radical (unpaired) electrons. The molecule has 2 atom stereocenters. The van der Waals surface area contributed by atoms with Crippen molar-refractivity contribution in [2.75, 3.05) is 13.2 Å². The molecule has 29 heavy (non-hydrogen) atoms. The SMILES string of the molecule is C[C@@H](Cc1c[nH]c2ccc(OCC3CCCCC3)cc12)C(=O)N1CCC[C@H]1C#N. The van der Waals surface area contributed by atoms with E-state index in [1.54, 1.807) is 4.90 Å². The van der Waals surface area contributed by atoms with Gasteiger partial charge in [0, 0.05) is 29.6 Å². The third kappa shape index (κ3) is 4.42. The number of amides is 1. The van der Waals surface area contributed by atoms with Crippen LogP contribution in [0.15, 0.2) is 24.4 Å². The van der Waals surface area contributed by atoms with Crippen LogP contribution in [0.5, 0.6) is 5.75 Å². The molecular formula is C24H31N3O2. The molecule has 1 aromatic heterocycles. The van der Waals surface area contributed by atoms with E-state index in [2.05, 4.69) is 23.2 Å². The molecule has 154 valence electrons. The molecule has 0 bridgehead atoms. The summed E-state index contributed by atoms with van der Waals surface area (Å²) in [5.74, 6) is 1.53. The molecule has 1 amide bonds. The van der Waals surface area contributed by atoms with Crippen LogP contribution < -0.4 is 4.74 Å². The molecule has 2 aliphatic rings. The smallest absolute Gasteiger partial charge is 0.226 e. The number of H-pyrrole nitrogens is 1. The minimum atomic E-state index is -0.257. The molecule has 1 N–H and O–H groups in total. The molecule has 5 nitrogen and oxygen atoms in total. The average molecular weight is 394 g/mol. The van der Waals surface area contributed by atoms with E-state index in [1.807, 2.05) is 19.2 Å². The van der Waals surface area contributed by atoms with Crippen LogP contribution in [-0.4, -0.2) is 35.0 Å². The lowest BCUT2D eigenvalue weighted by Crippen LogP contribution is -2.38. The van der Waals surface area contributed by atoms with Gasteiger partial charge in [-0.1, -0.05) is 26.2 Å². The van der Waals surface area contributed by atoms with Crippen molar-refractivity contribution in [1.82, 2.24) is 9.88 Å². The Morgan fingerprint density at radius 2 is 2.10 bits per heavy atom. The summed E-state index contributed by atoms with van der Waals surface area (Å²) in [5, 5.41) is 10.4. The van der Waals surface area contributed by atoms with Gasteiger partial charge in [-0.05, 0) is 61.8 Å². The minimum absolute atomic E-state index is 0.0908. The standard InChI is InChI=1S/C24H31N3O2/c1-17(24(28)27-11-5-8-20(27)14-25)12-19-15-26-23-10-9-21(13-22(19)23)29-16-18-6-3-2-4-7-18/h9-10,13,15,17-18,20,26H,2-8,11-12,16H2,1H3/t17-,20-/m0/s1. The highest BCUT2D eigenvalue weighted by molar-refractivity contribution is 5.86. The summed E-state index contributed by atoms with van der Waals surface area (Å²) in [6.07, 6.45) is 10.9. The van der Waals surface area contributed by atoms with Gasteiger partial charge < -0.3 is 14.6 Å². The Morgan fingerprint density at radius 1 is 1.28 bits per heavy atom. The maximum Gasteiger partial charge on any atom is 0.226 e. The normalized spacial score (nSPS) is 21.2. The molecule has 5 heteroatoms. The van der Waals surface area contributed by atoms with Gasteiger partial charge in [0.05, 0.1) is 12.7 Å². The van der Waals surface area contributed by atoms with Crippen molar-refractivity contribution < 1.29 is 9.53 Å². The van der Waals surface area contributed by atoms with Crippen LogP contribution in [-0.2, 0) is 11.2 Å². The predicted molar refractivity (Wildman–Crippen MR) is 114 cm³/mol. The molecule has 0 unspecified atom stereocenters. The third-order valence-corrected chi connectivity index (χ3v) is 6.58. The summed E-state index contributed by atoms with van der Waals surface area (Å²) in [6, 6.07) is 8.21. The first-order chi connectivity index (χ1) is 14.2. The Morgan fingerprint density at radius 3 is 2.90 bits per heavy atom. The fourth-order valence-electron chi connectivity index (χ4n) is 4.85. The van der Waals surface area contributed by atoms with Crippen LogP contribution in [0, 0.1) is 23.2 Å². The second kappa shape index (κ2) is 8.90. The summed E-state index contributed by atoms with van der Waals surface area (Å²) in [5.41, 5.74) is 2.21. The quantitative estimate of drug-likeness (QED) is 0.765. The summed E-state index contributed by atoms with van der Waals surface area (Å²) >= 11 is 0. The van der Waals surface area contributed by atoms with E-state index in [1.165, 1.54) is 32.1 Å². The fourth-order valence-corrected chi connectivity index (χ4v) is 4.85. The van der Waals surface area contributed by atoms with Crippen molar-refractivity contribution in [3.8, 4) is 11.8 Å². The molecule has 2 fully saturated rings. The number of likely N-dealkylation sites (tertiary alicyclic amines) is 1. The highest BCUT2D eigenvalue weighted by Gasteiger charge is 2.31. The van der Waals surface area contributed by atoms with Crippen molar-refractivity contribution in [3.63, 3.8) is 0 Å². The molecule has 1 aliphatic carbocycles. The van der Waals surface area contributed by atoms with Crippen LogP contribution in [0.25, 0.3) is 10.9 Å². The van der Waals surface area contributed by atoms with Crippen LogP contribution >= 0.6 is 0 Å². The number of nitriles is 1. The molecule has 1 saturated heterocycles. The zero-order valence-corrected chi connectivity index (χ0v) is 17.3. The van der Waals surface area contributed by atoms with E-state index in [0.29, 0.717) is 18.9 Å². The molecular weight excluding hydrogens is 362 g/mol. The fraction of sp³-hybridized carbons (Fsp3) is 0.583. The van der Waals surface area contributed by atoms with Crippen LogP contribution in [0.4, 0.5) is 0 Å². The Labute approximate surface area is 173 Å². The average Bonchev–Trinajstić information content (AvgIpc) is 3.39.